The zero-order valence-electron chi connectivity index (χ0n) is 17.0. The number of hydrogen-bond donors (Lipinski definition) is 0. The van der Waals surface area contributed by atoms with E-state index in [9.17, 15) is 19.7 Å². The molecule has 0 fully saturated rings. The van der Waals surface area contributed by atoms with Crippen LogP contribution in [-0.4, -0.2) is 20.3 Å². The number of nitrogens with zero attached hydrogens (tertiary/aromatic N) is 3. The topological polar surface area (TPSA) is 95.1 Å². The number of rotatable bonds is 5. The fourth-order valence-electron chi connectivity index (χ4n) is 3.42. The Morgan fingerprint density at radius 3 is 2.32 bits per heavy atom. The van der Waals surface area contributed by atoms with Gasteiger partial charge in [0, 0.05) is 36.1 Å². The molecular weight excluding hydrogens is 394 g/mol. The number of aromatic nitrogens is 2. The first-order valence-corrected chi connectivity index (χ1v) is 9.69. The quantitative estimate of drug-likeness (QED) is 0.278. The summed E-state index contributed by atoms with van der Waals surface area (Å²) < 4.78 is 1.74. The summed E-state index contributed by atoms with van der Waals surface area (Å²) in [5, 5.41) is 11.3. The first-order valence-electron chi connectivity index (χ1n) is 9.69. The predicted octanol–water partition coefficient (Wildman–Crippen LogP) is 4.20. The Morgan fingerprint density at radius 1 is 1.00 bits per heavy atom. The minimum absolute atomic E-state index is 0.00211. The van der Waals surface area contributed by atoms with Gasteiger partial charge in [-0.1, -0.05) is 42.0 Å². The average molecular weight is 413 g/mol. The number of fused-ring (bicyclic) bond motifs is 1. The number of aryl methyl sites for hydroxylation is 2. The number of benzene rings is 2. The van der Waals surface area contributed by atoms with E-state index < -0.39 is 4.92 Å². The van der Waals surface area contributed by atoms with Crippen molar-refractivity contribution in [1.29, 1.82) is 0 Å². The van der Waals surface area contributed by atoms with Gasteiger partial charge in [0.05, 0.1) is 15.9 Å². The molecule has 0 atom stereocenters. The molecule has 0 aliphatic carbocycles. The standard InChI is InChI=1S/C24H19N3O4/c1-15-3-8-18(9-4-15)22(28)21-14-26(13-17-6-10-19(11-7-17)27(30)31)24-20(23(21)29)12-5-16(2)25-24/h3-12,14H,13H2,1-2H3. The molecule has 2 aromatic carbocycles. The van der Waals surface area contributed by atoms with Crippen LogP contribution in [0.5, 0.6) is 0 Å². The Kier molecular flexibility index (Phi) is 5.17. The van der Waals surface area contributed by atoms with Gasteiger partial charge in [-0.25, -0.2) is 4.98 Å². The van der Waals surface area contributed by atoms with Crippen molar-refractivity contribution < 1.29 is 9.72 Å². The van der Waals surface area contributed by atoms with E-state index in [1.807, 2.05) is 26.0 Å². The highest BCUT2D eigenvalue weighted by molar-refractivity contribution is 6.10. The van der Waals surface area contributed by atoms with Crippen molar-refractivity contribution >= 4 is 22.5 Å². The molecule has 154 valence electrons. The molecule has 7 nitrogen and oxygen atoms in total. The third kappa shape index (κ3) is 3.98. The van der Waals surface area contributed by atoms with E-state index in [0.29, 0.717) is 23.1 Å². The van der Waals surface area contributed by atoms with E-state index >= 15 is 0 Å². The SMILES string of the molecule is Cc1ccc(C(=O)c2cn(Cc3ccc([N+](=O)[O-])cc3)c3nc(C)ccc3c2=O)cc1. The zero-order valence-corrected chi connectivity index (χ0v) is 17.0. The van der Waals surface area contributed by atoms with Gasteiger partial charge in [0.1, 0.15) is 5.65 Å². The van der Waals surface area contributed by atoms with Crippen LogP contribution in [0.2, 0.25) is 0 Å². The van der Waals surface area contributed by atoms with Gasteiger partial charge in [0.15, 0.2) is 5.78 Å². The van der Waals surface area contributed by atoms with Crippen LogP contribution in [0.3, 0.4) is 0 Å². The molecule has 0 aliphatic rings. The van der Waals surface area contributed by atoms with Gasteiger partial charge < -0.3 is 4.57 Å². The maximum Gasteiger partial charge on any atom is 0.269 e. The van der Waals surface area contributed by atoms with Crippen molar-refractivity contribution in [3.8, 4) is 0 Å². The van der Waals surface area contributed by atoms with Crippen molar-refractivity contribution in [3.05, 3.63) is 115 Å². The fourth-order valence-corrected chi connectivity index (χ4v) is 3.42. The second-order valence-corrected chi connectivity index (χ2v) is 7.44. The van der Waals surface area contributed by atoms with Crippen molar-refractivity contribution in [2.75, 3.05) is 0 Å². The first-order chi connectivity index (χ1) is 14.8. The van der Waals surface area contributed by atoms with Crippen LogP contribution in [0.15, 0.2) is 71.7 Å². The van der Waals surface area contributed by atoms with Gasteiger partial charge in [-0.2, -0.15) is 0 Å². The maximum absolute atomic E-state index is 13.1. The van der Waals surface area contributed by atoms with Crippen molar-refractivity contribution in [2.45, 2.75) is 20.4 Å². The third-order valence-corrected chi connectivity index (χ3v) is 5.12. The minimum Gasteiger partial charge on any atom is -0.327 e. The van der Waals surface area contributed by atoms with Crippen molar-refractivity contribution in [1.82, 2.24) is 9.55 Å². The fraction of sp³-hybridized carbons (Fsp3) is 0.125. The number of pyridine rings is 2. The number of hydrogen-bond acceptors (Lipinski definition) is 5. The molecule has 7 heteroatoms. The summed E-state index contributed by atoms with van der Waals surface area (Å²) >= 11 is 0. The number of nitro benzene ring substituents is 1. The monoisotopic (exact) mass is 413 g/mol. The Hall–Kier alpha value is -4.13. The molecule has 4 rings (SSSR count). The molecule has 2 heterocycles. The van der Waals surface area contributed by atoms with Crippen LogP contribution in [-0.2, 0) is 6.54 Å². The van der Waals surface area contributed by atoms with Crippen LogP contribution >= 0.6 is 0 Å². The van der Waals surface area contributed by atoms with E-state index in [1.54, 1.807) is 41.0 Å². The average Bonchev–Trinajstić information content (AvgIpc) is 2.76. The van der Waals surface area contributed by atoms with Gasteiger partial charge in [-0.05, 0) is 31.5 Å². The summed E-state index contributed by atoms with van der Waals surface area (Å²) in [6.07, 6.45) is 1.53. The number of non-ortho nitro benzene ring substituents is 1. The van der Waals surface area contributed by atoms with E-state index in [1.165, 1.54) is 18.3 Å². The third-order valence-electron chi connectivity index (χ3n) is 5.12. The Labute approximate surface area is 177 Å². The normalized spacial score (nSPS) is 10.9. The van der Waals surface area contributed by atoms with Gasteiger partial charge in [0.2, 0.25) is 5.43 Å². The second-order valence-electron chi connectivity index (χ2n) is 7.44. The molecule has 0 saturated carbocycles. The van der Waals surface area contributed by atoms with Crippen LogP contribution in [0.4, 0.5) is 5.69 Å². The molecule has 0 amide bonds. The zero-order chi connectivity index (χ0) is 22.1. The highest BCUT2D eigenvalue weighted by atomic mass is 16.6. The lowest BCUT2D eigenvalue weighted by Crippen LogP contribution is -2.21. The molecule has 2 aromatic heterocycles. The summed E-state index contributed by atoms with van der Waals surface area (Å²) in [6, 6.07) is 16.6. The summed E-state index contributed by atoms with van der Waals surface area (Å²) in [7, 11) is 0. The molecule has 0 N–H and O–H groups in total. The van der Waals surface area contributed by atoms with Gasteiger partial charge in [0.25, 0.3) is 5.69 Å². The highest BCUT2D eigenvalue weighted by Crippen LogP contribution is 2.18. The second kappa shape index (κ2) is 7.95. The van der Waals surface area contributed by atoms with Crippen molar-refractivity contribution in [3.63, 3.8) is 0 Å². The molecule has 0 bridgehead atoms. The molecular formula is C24H19N3O4. The molecule has 31 heavy (non-hydrogen) atoms. The smallest absolute Gasteiger partial charge is 0.269 e. The Morgan fingerprint density at radius 2 is 1.68 bits per heavy atom. The van der Waals surface area contributed by atoms with Gasteiger partial charge in [-0.15, -0.1) is 0 Å². The maximum atomic E-state index is 13.1. The first kappa shape index (κ1) is 20.2. The lowest BCUT2D eigenvalue weighted by atomic mass is 10.0. The lowest BCUT2D eigenvalue weighted by molar-refractivity contribution is -0.384. The molecule has 0 radical (unpaired) electrons. The number of carbonyl (C=O) groups excluding carboxylic acids is 1. The lowest BCUT2D eigenvalue weighted by Gasteiger charge is -2.13. The number of ketones is 1. The number of nitro groups is 1. The predicted molar refractivity (Wildman–Crippen MR) is 118 cm³/mol. The van der Waals surface area contributed by atoms with Gasteiger partial charge in [-0.3, -0.25) is 19.7 Å². The van der Waals surface area contributed by atoms with Crippen LogP contribution in [0.1, 0.15) is 32.7 Å². The van der Waals surface area contributed by atoms with E-state index in [2.05, 4.69) is 4.98 Å². The van der Waals surface area contributed by atoms with Gasteiger partial charge >= 0.3 is 0 Å². The molecule has 0 spiro atoms. The molecule has 0 unspecified atom stereocenters. The summed E-state index contributed by atoms with van der Waals surface area (Å²) in [4.78, 5) is 41.2. The Bertz CT molecular complexity index is 1370. The molecule has 0 saturated heterocycles. The largest absolute Gasteiger partial charge is 0.327 e. The number of carbonyl (C=O) groups is 1. The van der Waals surface area contributed by atoms with Crippen LogP contribution in [0.25, 0.3) is 11.0 Å². The summed E-state index contributed by atoms with van der Waals surface area (Å²) in [6.45, 7) is 4.06. The summed E-state index contributed by atoms with van der Waals surface area (Å²) in [5.41, 5.74) is 3.13. The Balaban J connectivity index is 1.85. The highest BCUT2D eigenvalue weighted by Gasteiger charge is 2.18. The van der Waals surface area contributed by atoms with Crippen LogP contribution in [0, 0.1) is 24.0 Å². The van der Waals surface area contributed by atoms with E-state index in [0.717, 1.165) is 16.8 Å². The van der Waals surface area contributed by atoms with Crippen LogP contribution < -0.4 is 5.43 Å². The summed E-state index contributed by atoms with van der Waals surface area (Å²) in [5.74, 6) is -0.357. The van der Waals surface area contributed by atoms with E-state index in [4.69, 9.17) is 0 Å². The minimum atomic E-state index is -0.457. The molecule has 0 aliphatic heterocycles. The van der Waals surface area contributed by atoms with E-state index in [-0.39, 0.29) is 22.5 Å². The van der Waals surface area contributed by atoms with Crippen molar-refractivity contribution in [2.24, 2.45) is 0 Å². The molecule has 4 aromatic rings.